The molecule has 0 spiro atoms. The first kappa shape index (κ1) is 18.7. The maximum Gasteiger partial charge on any atom is 0.281 e. The molecular formula is C23H19ClF2N4O4S2. The zero-order valence-electron chi connectivity index (χ0n) is 23.8. The number of thiazole rings is 1. The Morgan fingerprint density at radius 2 is 2.08 bits per heavy atom. The lowest BCUT2D eigenvalue weighted by atomic mass is 10.2. The number of ether oxygens (including phenoxy) is 1. The van der Waals surface area contributed by atoms with Crippen LogP contribution in [0.5, 0.6) is 11.5 Å². The highest BCUT2D eigenvalue weighted by Crippen LogP contribution is 2.33. The molecule has 2 heterocycles. The number of sulfonamides is 1. The summed E-state index contributed by atoms with van der Waals surface area (Å²) in [5, 5.41) is 10.7. The van der Waals surface area contributed by atoms with Gasteiger partial charge in [-0.3, -0.25) is 4.72 Å². The number of para-hydroxylation sites is 1. The van der Waals surface area contributed by atoms with E-state index in [0.29, 0.717) is 11.3 Å². The highest BCUT2D eigenvalue weighted by Gasteiger charge is 2.23. The van der Waals surface area contributed by atoms with Crippen molar-refractivity contribution in [3.63, 3.8) is 0 Å². The van der Waals surface area contributed by atoms with Gasteiger partial charge in [-0.15, -0.1) is 0 Å². The normalized spacial score (nSPS) is 14.5. The van der Waals surface area contributed by atoms with Crippen LogP contribution in [-0.2, 0) is 16.6 Å². The maximum absolute atomic E-state index is 14.6. The fraction of sp³-hybridized carbons (Fsp3) is 0.130. The molecule has 0 atom stereocenters. The number of aromatic nitrogens is 2. The molecule has 4 aromatic rings. The zero-order valence-corrected chi connectivity index (χ0v) is 20.2. The second-order valence-corrected chi connectivity index (χ2v) is 10.1. The van der Waals surface area contributed by atoms with Crippen molar-refractivity contribution in [2.24, 2.45) is 0 Å². The third kappa shape index (κ3) is 5.35. The van der Waals surface area contributed by atoms with Crippen LogP contribution in [0.2, 0.25) is 5.02 Å². The van der Waals surface area contributed by atoms with E-state index in [2.05, 4.69) is 15.3 Å². The fourth-order valence-corrected chi connectivity index (χ4v) is 5.18. The highest BCUT2D eigenvalue weighted by molar-refractivity contribution is 7.92. The molecule has 36 heavy (non-hydrogen) atoms. The largest absolute Gasteiger partial charge is 0.504 e. The number of aromatic hydroxyl groups is 1. The monoisotopic (exact) mass is 558 g/mol. The summed E-state index contributed by atoms with van der Waals surface area (Å²) in [6.45, 7) is -3.12. The van der Waals surface area contributed by atoms with Gasteiger partial charge in [0, 0.05) is 21.8 Å². The predicted octanol–water partition coefficient (Wildman–Crippen LogP) is 5.57. The van der Waals surface area contributed by atoms with Gasteiger partial charge in [0.2, 0.25) is 5.13 Å². The minimum Gasteiger partial charge on any atom is -0.504 e. The molecule has 0 aliphatic carbocycles. The third-order valence-corrected chi connectivity index (χ3v) is 7.27. The van der Waals surface area contributed by atoms with E-state index in [1.807, 2.05) is 4.72 Å². The summed E-state index contributed by atoms with van der Waals surface area (Å²) in [7, 11) is -7.52. The smallest absolute Gasteiger partial charge is 0.281 e. The van der Waals surface area contributed by atoms with Crippen LogP contribution in [0.15, 0.2) is 53.7 Å². The van der Waals surface area contributed by atoms with Gasteiger partial charge in [0.1, 0.15) is 11.5 Å². The number of methoxy groups -OCH3 is 1. The predicted molar refractivity (Wildman–Crippen MR) is 134 cm³/mol. The van der Waals surface area contributed by atoms with E-state index in [-0.39, 0.29) is 39.8 Å². The van der Waals surface area contributed by atoms with Gasteiger partial charge in [-0.25, -0.2) is 14.4 Å². The Morgan fingerprint density at radius 1 is 1.25 bits per heavy atom. The van der Waals surface area contributed by atoms with Crippen molar-refractivity contribution < 1.29 is 35.3 Å². The van der Waals surface area contributed by atoms with Gasteiger partial charge in [0.15, 0.2) is 21.7 Å². The third-order valence-electron chi connectivity index (χ3n) is 4.78. The molecule has 0 radical (unpaired) electrons. The molecule has 2 aromatic carbocycles. The van der Waals surface area contributed by atoms with Gasteiger partial charge >= 0.3 is 0 Å². The number of halogens is 3. The molecule has 2 aromatic heterocycles. The summed E-state index contributed by atoms with van der Waals surface area (Å²) in [6, 6.07) is 8.54. The van der Waals surface area contributed by atoms with Gasteiger partial charge < -0.3 is 15.2 Å². The van der Waals surface area contributed by atoms with Crippen molar-refractivity contribution in [1.82, 2.24) is 9.97 Å². The van der Waals surface area contributed by atoms with Crippen LogP contribution in [-0.4, -0.2) is 30.5 Å². The minimum atomic E-state index is -4.71. The van der Waals surface area contributed by atoms with Gasteiger partial charge in [-0.1, -0.05) is 41.1 Å². The van der Waals surface area contributed by atoms with Crippen LogP contribution in [0.1, 0.15) is 19.4 Å². The molecule has 4 rings (SSSR count). The second kappa shape index (κ2) is 10.2. The number of pyridine rings is 1. The highest BCUT2D eigenvalue weighted by atomic mass is 35.5. The molecule has 188 valence electrons. The second-order valence-electron chi connectivity index (χ2n) is 7.17. The van der Waals surface area contributed by atoms with Crippen molar-refractivity contribution in [2.75, 3.05) is 17.1 Å². The van der Waals surface area contributed by atoms with Crippen LogP contribution in [0.4, 0.5) is 19.6 Å². The van der Waals surface area contributed by atoms with Gasteiger partial charge in [-0.2, -0.15) is 12.8 Å². The molecule has 0 saturated carbocycles. The minimum absolute atomic E-state index is 0.00521. The number of hydrogen-bond donors (Lipinski definition) is 3. The number of phenols is 1. The molecule has 0 amide bonds. The number of nitrogens with one attached hydrogen (secondary N) is 2. The van der Waals surface area contributed by atoms with E-state index in [0.717, 1.165) is 18.3 Å². The summed E-state index contributed by atoms with van der Waals surface area (Å²) in [4.78, 5) is 7.67. The first-order valence-corrected chi connectivity index (χ1v) is 12.5. The van der Waals surface area contributed by atoms with Crippen LogP contribution in [0.3, 0.4) is 0 Å². The molecule has 0 aliphatic heterocycles. The molecule has 13 heteroatoms. The number of benzene rings is 2. The first-order valence-electron chi connectivity index (χ1n) is 12.8. The van der Waals surface area contributed by atoms with Gasteiger partial charge in [-0.05, 0) is 36.7 Å². The Morgan fingerprint density at radius 3 is 2.83 bits per heavy atom. The molecule has 3 N–H and O–H groups in total. The number of nitrogens with zero attached hydrogens (tertiary/aromatic N) is 2. The average molecular weight is 559 g/mol. The van der Waals surface area contributed by atoms with Crippen molar-refractivity contribution in [1.29, 1.82) is 0 Å². The summed E-state index contributed by atoms with van der Waals surface area (Å²) in [5.41, 5.74) is -0.801. The Bertz CT molecular complexity index is 1750. The Balaban J connectivity index is 1.59. The fourth-order valence-electron chi connectivity index (χ4n) is 3.08. The zero-order chi connectivity index (χ0) is 31.0. The molecule has 0 unspecified atom stereocenters. The molecule has 0 fully saturated rings. The summed E-state index contributed by atoms with van der Waals surface area (Å²) in [5.74, 6) is -1.60. The molecule has 0 bridgehead atoms. The number of rotatable bonds is 8. The lowest BCUT2D eigenvalue weighted by Crippen LogP contribution is -2.16. The van der Waals surface area contributed by atoms with Gasteiger partial charge in [0.25, 0.3) is 10.0 Å². The molecular weight excluding hydrogens is 534 g/mol. The molecule has 0 saturated heterocycles. The van der Waals surface area contributed by atoms with E-state index >= 15 is 0 Å². The average Bonchev–Trinajstić information content (AvgIpc) is 3.23. The topological polar surface area (TPSA) is 113 Å². The van der Waals surface area contributed by atoms with Crippen LogP contribution in [0, 0.1) is 17.8 Å². The first-order chi connectivity index (χ1) is 19.4. The van der Waals surface area contributed by atoms with Crippen molar-refractivity contribution in [3.05, 3.63) is 75.8 Å². The van der Waals surface area contributed by atoms with E-state index in [1.165, 1.54) is 30.3 Å². The number of hydrogen-bond acceptors (Lipinski definition) is 8. The van der Waals surface area contributed by atoms with Crippen LogP contribution >= 0.6 is 22.9 Å². The van der Waals surface area contributed by atoms with Crippen molar-refractivity contribution in [3.8, 4) is 22.8 Å². The summed E-state index contributed by atoms with van der Waals surface area (Å²) in [6.07, 6.45) is 1.02. The van der Waals surface area contributed by atoms with Gasteiger partial charge in [0.05, 0.1) is 28.1 Å². The van der Waals surface area contributed by atoms with E-state index < -0.39 is 56.3 Å². The van der Waals surface area contributed by atoms with E-state index in [4.69, 9.17) is 24.6 Å². The maximum atomic E-state index is 14.6. The van der Waals surface area contributed by atoms with Crippen LogP contribution in [0.25, 0.3) is 11.3 Å². The molecule has 0 aliphatic rings. The lowest BCUT2D eigenvalue weighted by molar-refractivity contribution is 0.371. The molecule has 8 nitrogen and oxygen atoms in total. The number of aryl methyl sites for hydroxylation is 1. The Labute approximate surface area is 223 Å². The summed E-state index contributed by atoms with van der Waals surface area (Å²) < 4.78 is 107. The van der Waals surface area contributed by atoms with E-state index in [9.17, 15) is 22.3 Å². The van der Waals surface area contributed by atoms with Crippen molar-refractivity contribution >= 4 is 43.8 Å². The Hall–Kier alpha value is -3.48. The number of phenolic OH excluding ortho intramolecular Hbond substituents is 1. The summed E-state index contributed by atoms with van der Waals surface area (Å²) >= 11 is 5.94. The quantitative estimate of drug-likeness (QED) is 0.259. The van der Waals surface area contributed by atoms with Crippen LogP contribution < -0.4 is 14.8 Å². The SMILES string of the molecule is [2H]C([2H])([2H])Oc1cccc(CNc2cnc(S(=O)(=O)Nc3nc(-c4ccc(Cl)c(F)c4)c(F)s3)c(C([2H])([2H])[2H])c2)c1O. The number of anilines is 2. The Kier molecular flexibility index (Phi) is 5.34. The van der Waals surface area contributed by atoms with Crippen molar-refractivity contribution in [2.45, 2.75) is 18.4 Å². The standard InChI is InChI=1S/C23H19ClF2N4O4S2/c1-12-8-15(27-10-14-4-3-5-18(34-2)20(14)31)11-28-22(12)36(32,33)30-23-29-19(21(26)35-23)13-6-7-16(24)17(25)9-13/h3-9,11,27,31H,10H2,1-2H3,(H,29,30)/i1D3,2D3. The van der Waals surface area contributed by atoms with E-state index in [1.54, 1.807) is 0 Å². The lowest BCUT2D eigenvalue weighted by Gasteiger charge is -2.12.